The molecule has 1 saturated carbocycles. The zero-order valence-corrected chi connectivity index (χ0v) is 12.9. The SMILES string of the molecule is CC(C)N1CC(C(=O)NC2CCCC2(C)C(=O)O)CC1=O. The van der Waals surface area contributed by atoms with Crippen molar-refractivity contribution in [2.24, 2.45) is 11.3 Å². The van der Waals surface area contributed by atoms with Crippen LogP contribution in [0.4, 0.5) is 0 Å². The molecule has 3 unspecified atom stereocenters. The summed E-state index contributed by atoms with van der Waals surface area (Å²) in [4.78, 5) is 37.3. The Balaban J connectivity index is 2.00. The first-order chi connectivity index (χ1) is 9.75. The van der Waals surface area contributed by atoms with Gasteiger partial charge in [0, 0.05) is 25.0 Å². The lowest BCUT2D eigenvalue weighted by Gasteiger charge is -2.28. The molecular weight excluding hydrogens is 272 g/mol. The van der Waals surface area contributed by atoms with E-state index < -0.39 is 11.4 Å². The van der Waals surface area contributed by atoms with Crippen molar-refractivity contribution in [2.45, 2.75) is 58.5 Å². The molecule has 6 heteroatoms. The number of carboxylic acid groups (broad SMARTS) is 1. The maximum absolute atomic E-state index is 12.3. The van der Waals surface area contributed by atoms with Gasteiger partial charge in [0.25, 0.3) is 0 Å². The number of hydrogen-bond acceptors (Lipinski definition) is 3. The van der Waals surface area contributed by atoms with Crippen molar-refractivity contribution in [1.29, 1.82) is 0 Å². The van der Waals surface area contributed by atoms with Crippen LogP contribution in [0.2, 0.25) is 0 Å². The summed E-state index contributed by atoms with van der Waals surface area (Å²) in [6.45, 7) is 5.97. The van der Waals surface area contributed by atoms with Gasteiger partial charge in [0.2, 0.25) is 11.8 Å². The molecule has 2 fully saturated rings. The Labute approximate surface area is 124 Å². The molecule has 6 nitrogen and oxygen atoms in total. The second-order valence-electron chi connectivity index (χ2n) is 6.72. The molecule has 2 N–H and O–H groups in total. The van der Waals surface area contributed by atoms with E-state index in [-0.39, 0.29) is 36.2 Å². The van der Waals surface area contributed by atoms with E-state index in [1.54, 1.807) is 11.8 Å². The molecule has 2 amide bonds. The van der Waals surface area contributed by atoms with Crippen LogP contribution in [-0.4, -0.2) is 46.4 Å². The number of nitrogens with zero attached hydrogens (tertiary/aromatic N) is 1. The summed E-state index contributed by atoms with van der Waals surface area (Å²) in [6.07, 6.45) is 2.29. The number of likely N-dealkylation sites (tertiary alicyclic amines) is 1. The van der Waals surface area contributed by atoms with Gasteiger partial charge in [0.05, 0.1) is 11.3 Å². The van der Waals surface area contributed by atoms with Gasteiger partial charge in [-0.1, -0.05) is 6.42 Å². The molecule has 2 rings (SSSR count). The molecule has 0 spiro atoms. The van der Waals surface area contributed by atoms with Gasteiger partial charge in [-0.3, -0.25) is 14.4 Å². The fraction of sp³-hybridized carbons (Fsp3) is 0.800. The van der Waals surface area contributed by atoms with Crippen molar-refractivity contribution in [3.8, 4) is 0 Å². The number of carbonyl (C=O) groups is 3. The number of nitrogens with one attached hydrogen (secondary N) is 1. The first-order valence-corrected chi connectivity index (χ1v) is 7.59. The fourth-order valence-electron chi connectivity index (χ4n) is 3.35. The number of rotatable bonds is 4. The highest BCUT2D eigenvalue weighted by atomic mass is 16.4. The minimum atomic E-state index is -0.893. The topological polar surface area (TPSA) is 86.7 Å². The summed E-state index contributed by atoms with van der Waals surface area (Å²) in [5.74, 6) is -1.42. The molecule has 0 aromatic heterocycles. The van der Waals surface area contributed by atoms with Crippen LogP contribution < -0.4 is 5.32 Å². The maximum atomic E-state index is 12.3. The van der Waals surface area contributed by atoms with Crippen molar-refractivity contribution in [3.63, 3.8) is 0 Å². The quantitative estimate of drug-likeness (QED) is 0.810. The third-order valence-electron chi connectivity index (χ3n) is 4.92. The zero-order valence-electron chi connectivity index (χ0n) is 12.9. The average molecular weight is 296 g/mol. The largest absolute Gasteiger partial charge is 0.481 e. The molecule has 1 saturated heterocycles. The van der Waals surface area contributed by atoms with E-state index in [1.807, 2.05) is 13.8 Å². The lowest BCUT2D eigenvalue weighted by atomic mass is 9.84. The van der Waals surface area contributed by atoms with Gasteiger partial charge in [-0.25, -0.2) is 0 Å². The van der Waals surface area contributed by atoms with Crippen LogP contribution in [0.25, 0.3) is 0 Å². The second-order valence-corrected chi connectivity index (χ2v) is 6.72. The molecule has 0 radical (unpaired) electrons. The smallest absolute Gasteiger partial charge is 0.311 e. The highest BCUT2D eigenvalue weighted by molar-refractivity contribution is 5.90. The Hall–Kier alpha value is -1.59. The molecule has 0 aromatic rings. The molecule has 0 aromatic carbocycles. The standard InChI is InChI=1S/C15H24N2O4/c1-9(2)17-8-10(7-12(17)18)13(19)16-11-5-4-6-15(11,3)14(20)21/h9-11H,4-8H2,1-3H3,(H,16,19)(H,20,21). The molecule has 1 aliphatic heterocycles. The number of aliphatic carboxylic acids is 1. The number of carboxylic acids is 1. The number of amides is 2. The second kappa shape index (κ2) is 5.66. The predicted molar refractivity (Wildman–Crippen MR) is 76.5 cm³/mol. The molecule has 21 heavy (non-hydrogen) atoms. The molecule has 0 bridgehead atoms. The van der Waals surface area contributed by atoms with Crippen LogP contribution in [-0.2, 0) is 14.4 Å². The minimum absolute atomic E-state index is 0.00225. The van der Waals surface area contributed by atoms with Crippen LogP contribution in [0.15, 0.2) is 0 Å². The molecule has 1 heterocycles. The van der Waals surface area contributed by atoms with Gasteiger partial charge in [0.1, 0.15) is 0 Å². The highest BCUT2D eigenvalue weighted by Crippen LogP contribution is 2.38. The minimum Gasteiger partial charge on any atom is -0.481 e. The normalized spacial score (nSPS) is 32.8. The van der Waals surface area contributed by atoms with E-state index in [9.17, 15) is 19.5 Å². The summed E-state index contributed by atoms with van der Waals surface area (Å²) in [7, 11) is 0. The third kappa shape index (κ3) is 2.89. The van der Waals surface area contributed by atoms with Gasteiger partial charge < -0.3 is 15.3 Å². The van der Waals surface area contributed by atoms with E-state index in [0.717, 1.165) is 6.42 Å². The molecule has 1 aliphatic carbocycles. The van der Waals surface area contributed by atoms with E-state index >= 15 is 0 Å². The number of carbonyl (C=O) groups excluding carboxylic acids is 2. The van der Waals surface area contributed by atoms with Crippen molar-refractivity contribution in [3.05, 3.63) is 0 Å². The summed E-state index contributed by atoms with van der Waals surface area (Å²) < 4.78 is 0. The molecule has 2 aliphatic rings. The highest BCUT2D eigenvalue weighted by Gasteiger charge is 2.47. The zero-order chi connectivity index (χ0) is 15.8. The van der Waals surface area contributed by atoms with Gasteiger partial charge >= 0.3 is 5.97 Å². The van der Waals surface area contributed by atoms with Crippen molar-refractivity contribution in [2.75, 3.05) is 6.54 Å². The molecule has 3 atom stereocenters. The summed E-state index contributed by atoms with van der Waals surface area (Å²) >= 11 is 0. The number of hydrogen-bond donors (Lipinski definition) is 2. The van der Waals surface area contributed by atoms with Crippen molar-refractivity contribution < 1.29 is 19.5 Å². The Kier molecular flexibility index (Phi) is 4.25. The van der Waals surface area contributed by atoms with E-state index in [1.165, 1.54) is 0 Å². The Morgan fingerprint density at radius 1 is 1.43 bits per heavy atom. The van der Waals surface area contributed by atoms with Crippen molar-refractivity contribution >= 4 is 17.8 Å². The first kappa shape index (κ1) is 15.8. The van der Waals surface area contributed by atoms with Gasteiger partial charge in [-0.05, 0) is 33.6 Å². The van der Waals surface area contributed by atoms with Crippen molar-refractivity contribution in [1.82, 2.24) is 10.2 Å². The Morgan fingerprint density at radius 2 is 2.10 bits per heavy atom. The summed E-state index contributed by atoms with van der Waals surface area (Å²) in [6, 6.07) is -0.253. The lowest BCUT2D eigenvalue weighted by molar-refractivity contribution is -0.149. The third-order valence-corrected chi connectivity index (χ3v) is 4.92. The predicted octanol–water partition coefficient (Wildman–Crippen LogP) is 1.00. The van der Waals surface area contributed by atoms with Crippen LogP contribution in [0, 0.1) is 11.3 Å². The van der Waals surface area contributed by atoms with Gasteiger partial charge in [-0.2, -0.15) is 0 Å². The van der Waals surface area contributed by atoms with E-state index in [0.29, 0.717) is 19.4 Å². The first-order valence-electron chi connectivity index (χ1n) is 7.59. The van der Waals surface area contributed by atoms with Gasteiger partial charge in [-0.15, -0.1) is 0 Å². The monoisotopic (exact) mass is 296 g/mol. The summed E-state index contributed by atoms with van der Waals surface area (Å²) in [5.41, 5.74) is -0.893. The van der Waals surface area contributed by atoms with Gasteiger partial charge in [0.15, 0.2) is 0 Å². The fourth-order valence-corrected chi connectivity index (χ4v) is 3.35. The molecular formula is C15H24N2O4. The van der Waals surface area contributed by atoms with Crippen LogP contribution in [0.5, 0.6) is 0 Å². The van der Waals surface area contributed by atoms with Crippen LogP contribution in [0.3, 0.4) is 0 Å². The Morgan fingerprint density at radius 3 is 2.62 bits per heavy atom. The van der Waals surface area contributed by atoms with Crippen LogP contribution in [0.1, 0.15) is 46.5 Å². The van der Waals surface area contributed by atoms with E-state index in [4.69, 9.17) is 0 Å². The van der Waals surface area contributed by atoms with Crippen LogP contribution >= 0.6 is 0 Å². The molecule has 118 valence electrons. The van der Waals surface area contributed by atoms with E-state index in [2.05, 4.69) is 5.32 Å². The average Bonchev–Trinajstić information content (AvgIpc) is 2.95. The lowest BCUT2D eigenvalue weighted by Crippen LogP contribution is -2.49. The maximum Gasteiger partial charge on any atom is 0.311 e. The summed E-state index contributed by atoms with van der Waals surface area (Å²) in [5, 5.41) is 12.2. The Bertz CT molecular complexity index is 463.